The molecule has 1 fully saturated rings. The molecule has 0 spiro atoms. The molecule has 3 aromatic rings. The van der Waals surface area contributed by atoms with Crippen molar-refractivity contribution in [1.29, 1.82) is 5.26 Å². The van der Waals surface area contributed by atoms with Crippen molar-refractivity contribution < 1.29 is 4.79 Å². The third kappa shape index (κ3) is 4.07. The van der Waals surface area contributed by atoms with Gasteiger partial charge in [-0.25, -0.2) is 4.98 Å². The van der Waals surface area contributed by atoms with Gasteiger partial charge in [0.2, 0.25) is 0 Å². The molecule has 2 heterocycles. The van der Waals surface area contributed by atoms with Gasteiger partial charge in [-0.3, -0.25) is 9.89 Å². The van der Waals surface area contributed by atoms with Gasteiger partial charge < -0.3 is 4.90 Å². The van der Waals surface area contributed by atoms with E-state index < -0.39 is 0 Å². The van der Waals surface area contributed by atoms with Gasteiger partial charge in [0.05, 0.1) is 11.6 Å². The highest BCUT2D eigenvalue weighted by Crippen LogP contribution is 2.37. The zero-order valence-electron chi connectivity index (χ0n) is 19.1. The maximum Gasteiger partial charge on any atom is 0.254 e. The number of allylic oxidation sites excluding steroid dienone is 2. The summed E-state index contributed by atoms with van der Waals surface area (Å²) >= 11 is 0. The van der Waals surface area contributed by atoms with Crippen LogP contribution < -0.4 is 0 Å². The second-order valence-corrected chi connectivity index (χ2v) is 9.03. The molecule has 6 nitrogen and oxygen atoms in total. The smallest absolute Gasteiger partial charge is 0.254 e. The summed E-state index contributed by atoms with van der Waals surface area (Å²) in [4.78, 5) is 20.0. The highest BCUT2D eigenvalue weighted by Gasteiger charge is 2.27. The van der Waals surface area contributed by atoms with Crippen LogP contribution in [0.3, 0.4) is 0 Å². The molecule has 1 saturated heterocycles. The third-order valence-electron chi connectivity index (χ3n) is 6.88. The molecular weight excluding hydrogens is 410 g/mol. The Balaban J connectivity index is 1.38. The Morgan fingerprint density at radius 3 is 2.42 bits per heavy atom. The van der Waals surface area contributed by atoms with Crippen molar-refractivity contribution in [3.8, 4) is 17.5 Å². The van der Waals surface area contributed by atoms with Crippen LogP contribution in [0, 0.1) is 25.2 Å². The number of nitrogens with zero attached hydrogens (tertiary/aromatic N) is 4. The van der Waals surface area contributed by atoms with Crippen LogP contribution in [0.4, 0.5) is 0 Å². The second kappa shape index (κ2) is 8.67. The maximum absolute atomic E-state index is 13.5. The van der Waals surface area contributed by atoms with Gasteiger partial charge in [-0.2, -0.15) is 10.4 Å². The predicted molar refractivity (Wildman–Crippen MR) is 128 cm³/mol. The number of H-pyrrole nitrogens is 1. The van der Waals surface area contributed by atoms with Crippen molar-refractivity contribution >= 4 is 11.5 Å². The monoisotopic (exact) mass is 437 g/mol. The summed E-state index contributed by atoms with van der Waals surface area (Å²) in [7, 11) is 0. The van der Waals surface area contributed by atoms with Crippen LogP contribution in [0.2, 0.25) is 0 Å². The lowest BCUT2D eigenvalue weighted by Crippen LogP contribution is -2.38. The minimum Gasteiger partial charge on any atom is -0.339 e. The van der Waals surface area contributed by atoms with E-state index in [4.69, 9.17) is 5.26 Å². The first kappa shape index (κ1) is 21.1. The number of aromatic nitrogens is 3. The maximum atomic E-state index is 13.5. The summed E-state index contributed by atoms with van der Waals surface area (Å²) in [6.07, 6.45) is 6.23. The van der Waals surface area contributed by atoms with E-state index in [9.17, 15) is 4.79 Å². The molecule has 1 amide bonds. The van der Waals surface area contributed by atoms with Gasteiger partial charge in [-0.05, 0) is 85.9 Å². The van der Waals surface area contributed by atoms with E-state index in [0.717, 1.165) is 66.9 Å². The number of nitrogens with one attached hydrogen (secondary N) is 1. The molecule has 2 aliphatic rings. The number of hydrogen-bond donors (Lipinski definition) is 1. The van der Waals surface area contributed by atoms with E-state index >= 15 is 0 Å². The fourth-order valence-electron chi connectivity index (χ4n) is 4.80. The zero-order chi connectivity index (χ0) is 22.9. The molecule has 1 aliphatic heterocycles. The molecule has 1 aromatic heterocycles. The number of aromatic amines is 1. The second-order valence-electron chi connectivity index (χ2n) is 9.03. The molecule has 6 heteroatoms. The Morgan fingerprint density at radius 1 is 1.12 bits per heavy atom. The fraction of sp³-hybridized carbons (Fsp3) is 0.333. The number of nitriles is 1. The van der Waals surface area contributed by atoms with Crippen LogP contribution in [0.25, 0.3) is 17.0 Å². The number of amides is 1. The molecule has 1 N–H and O–H groups in total. The van der Waals surface area contributed by atoms with E-state index in [0.29, 0.717) is 17.3 Å². The predicted octanol–water partition coefficient (Wildman–Crippen LogP) is 5.16. The molecule has 166 valence electrons. The summed E-state index contributed by atoms with van der Waals surface area (Å²) in [5, 5.41) is 16.3. The number of benzene rings is 2. The van der Waals surface area contributed by atoms with Gasteiger partial charge in [0.1, 0.15) is 5.82 Å². The lowest BCUT2D eigenvalue weighted by atomic mass is 9.85. The normalized spacial score (nSPS) is 16.2. The first-order valence-electron chi connectivity index (χ1n) is 11.6. The van der Waals surface area contributed by atoms with E-state index in [1.807, 2.05) is 49.1 Å². The summed E-state index contributed by atoms with van der Waals surface area (Å²) in [6, 6.07) is 14.1. The van der Waals surface area contributed by atoms with Crippen molar-refractivity contribution in [3.05, 3.63) is 76.1 Å². The highest BCUT2D eigenvalue weighted by atomic mass is 16.2. The highest BCUT2D eigenvalue weighted by molar-refractivity contribution is 5.98. The van der Waals surface area contributed by atoms with Crippen molar-refractivity contribution in [2.24, 2.45) is 0 Å². The topological polar surface area (TPSA) is 85.7 Å². The summed E-state index contributed by atoms with van der Waals surface area (Å²) in [5.41, 5.74) is 7.01. The Morgan fingerprint density at radius 2 is 1.85 bits per heavy atom. The quantitative estimate of drug-likeness (QED) is 0.611. The molecule has 1 aliphatic carbocycles. The third-order valence-corrected chi connectivity index (χ3v) is 6.88. The molecule has 0 saturated carbocycles. The Labute approximate surface area is 194 Å². The number of carbonyl (C=O) groups excluding carboxylic acids is 1. The van der Waals surface area contributed by atoms with Crippen LogP contribution in [0.1, 0.15) is 70.0 Å². The standard InChI is InChI=1S/C27H27N5O/c1-17-14-24(22-4-3-5-22)25(26-29-18(2)30-31-26)15-23(17)27(33)32-12-10-21(11-13-32)20-8-6-19(16-28)7-9-20/h4,6-9,14-15,21H,3,5,10-13H2,1-2H3,(H,29,30,31). The van der Waals surface area contributed by atoms with Gasteiger partial charge in [0.25, 0.3) is 5.91 Å². The zero-order valence-corrected chi connectivity index (χ0v) is 19.1. The average Bonchev–Trinajstić information content (AvgIpc) is 3.24. The van der Waals surface area contributed by atoms with E-state index in [1.54, 1.807) is 0 Å². The average molecular weight is 438 g/mol. The SMILES string of the molecule is Cc1nc(-c2cc(C(=O)N3CCC(c4ccc(C#N)cc4)CC3)c(C)cc2C2=CCC2)n[nH]1. The number of piperidine rings is 1. The van der Waals surface area contributed by atoms with Crippen LogP contribution in [-0.4, -0.2) is 39.1 Å². The Bertz CT molecular complexity index is 1270. The van der Waals surface area contributed by atoms with Gasteiger partial charge in [-0.15, -0.1) is 0 Å². The van der Waals surface area contributed by atoms with Crippen LogP contribution in [0.5, 0.6) is 0 Å². The molecule has 0 radical (unpaired) electrons. The number of rotatable bonds is 4. The van der Waals surface area contributed by atoms with Gasteiger partial charge >= 0.3 is 0 Å². The largest absolute Gasteiger partial charge is 0.339 e. The fourth-order valence-corrected chi connectivity index (χ4v) is 4.80. The van der Waals surface area contributed by atoms with Gasteiger partial charge in [-0.1, -0.05) is 24.3 Å². The van der Waals surface area contributed by atoms with Crippen molar-refractivity contribution in [3.63, 3.8) is 0 Å². The lowest BCUT2D eigenvalue weighted by Gasteiger charge is -2.33. The molecule has 0 unspecified atom stereocenters. The summed E-state index contributed by atoms with van der Waals surface area (Å²) in [5.74, 6) is 1.90. The van der Waals surface area contributed by atoms with Crippen molar-refractivity contribution in [2.45, 2.75) is 45.4 Å². The number of aryl methyl sites for hydroxylation is 2. The van der Waals surface area contributed by atoms with E-state index in [-0.39, 0.29) is 5.91 Å². The minimum absolute atomic E-state index is 0.0772. The lowest BCUT2D eigenvalue weighted by molar-refractivity contribution is 0.0712. The van der Waals surface area contributed by atoms with Crippen molar-refractivity contribution in [1.82, 2.24) is 20.1 Å². The molecule has 0 bridgehead atoms. The van der Waals surface area contributed by atoms with E-state index in [2.05, 4.69) is 33.4 Å². The number of likely N-dealkylation sites (tertiary alicyclic amines) is 1. The van der Waals surface area contributed by atoms with Gasteiger partial charge in [0.15, 0.2) is 5.82 Å². The molecule has 5 rings (SSSR count). The van der Waals surface area contributed by atoms with Crippen LogP contribution in [-0.2, 0) is 0 Å². The Kier molecular flexibility index (Phi) is 5.55. The van der Waals surface area contributed by atoms with E-state index in [1.165, 1.54) is 11.1 Å². The van der Waals surface area contributed by atoms with Crippen molar-refractivity contribution in [2.75, 3.05) is 13.1 Å². The van der Waals surface area contributed by atoms with Crippen LogP contribution >= 0.6 is 0 Å². The first-order valence-corrected chi connectivity index (χ1v) is 11.6. The molecule has 2 aromatic carbocycles. The molecule has 0 atom stereocenters. The summed E-state index contributed by atoms with van der Waals surface area (Å²) in [6.45, 7) is 5.36. The summed E-state index contributed by atoms with van der Waals surface area (Å²) < 4.78 is 0. The molecule has 33 heavy (non-hydrogen) atoms. The number of hydrogen-bond acceptors (Lipinski definition) is 4. The van der Waals surface area contributed by atoms with Gasteiger partial charge in [0, 0.05) is 24.2 Å². The Hall–Kier alpha value is -3.72. The first-order chi connectivity index (χ1) is 16.0. The molecular formula is C27H27N5O. The number of carbonyl (C=O) groups is 1. The minimum atomic E-state index is 0.0772. The van der Waals surface area contributed by atoms with Crippen LogP contribution in [0.15, 0.2) is 42.5 Å².